The van der Waals surface area contributed by atoms with Crippen molar-refractivity contribution in [2.45, 2.75) is 45.4 Å². The molecule has 28 heavy (non-hydrogen) atoms. The molecule has 0 saturated carbocycles. The first-order valence-corrected chi connectivity index (χ1v) is 9.20. The number of ether oxygens (including phenoxy) is 2. The molecule has 1 N–H and O–H groups in total. The van der Waals surface area contributed by atoms with Crippen LogP contribution in [0.5, 0.6) is 0 Å². The topological polar surface area (TPSA) is 67.9 Å². The van der Waals surface area contributed by atoms with Crippen LogP contribution in [0.25, 0.3) is 0 Å². The Kier molecular flexibility index (Phi) is 7.58. The van der Waals surface area contributed by atoms with Gasteiger partial charge in [0.25, 0.3) is 0 Å². The average molecular weight is 384 g/mol. The summed E-state index contributed by atoms with van der Waals surface area (Å²) in [7, 11) is 1.34. The molecule has 0 radical (unpaired) electrons. The van der Waals surface area contributed by atoms with Gasteiger partial charge in [-0.2, -0.15) is 5.01 Å². The molecular weight excluding hydrogens is 356 g/mol. The van der Waals surface area contributed by atoms with Gasteiger partial charge in [0.1, 0.15) is 11.6 Å². The first-order valence-electron chi connectivity index (χ1n) is 9.20. The molecule has 0 saturated heterocycles. The van der Waals surface area contributed by atoms with Gasteiger partial charge >= 0.3 is 12.1 Å². The number of rotatable bonds is 7. The fourth-order valence-electron chi connectivity index (χ4n) is 2.72. The van der Waals surface area contributed by atoms with E-state index >= 15 is 0 Å². The Morgan fingerprint density at radius 1 is 0.964 bits per heavy atom. The Morgan fingerprint density at radius 3 is 2.00 bits per heavy atom. The van der Waals surface area contributed by atoms with Crippen molar-refractivity contribution in [1.29, 1.82) is 0 Å². The Labute approximate surface area is 166 Å². The van der Waals surface area contributed by atoms with Crippen LogP contribution in [0.1, 0.15) is 31.9 Å². The number of benzene rings is 2. The van der Waals surface area contributed by atoms with E-state index in [1.807, 2.05) is 60.7 Å². The predicted octanol–water partition coefficient (Wildman–Crippen LogP) is 3.71. The maximum atomic E-state index is 12.6. The standard InChI is InChI=1S/C22H28N2O4/c1-22(2,3)28-21(26)23-24(16-18-13-9-6-10-14-18)19(20(25)27-4)15-17-11-7-5-8-12-17/h5-14,19H,15-16H2,1-4H3,(H,23,26)/t19-/m1/s1. The van der Waals surface area contributed by atoms with Gasteiger partial charge in [0.2, 0.25) is 0 Å². The normalized spacial score (nSPS) is 12.3. The van der Waals surface area contributed by atoms with E-state index in [0.29, 0.717) is 13.0 Å². The number of methoxy groups -OCH3 is 1. The largest absolute Gasteiger partial charge is 0.468 e. The molecule has 0 aliphatic rings. The fourth-order valence-corrected chi connectivity index (χ4v) is 2.72. The highest BCUT2D eigenvalue weighted by molar-refractivity contribution is 5.77. The highest BCUT2D eigenvalue weighted by Crippen LogP contribution is 2.14. The van der Waals surface area contributed by atoms with Gasteiger partial charge in [-0.15, -0.1) is 0 Å². The third kappa shape index (κ3) is 7.04. The number of amides is 1. The molecule has 0 spiro atoms. The monoisotopic (exact) mass is 384 g/mol. The Bertz CT molecular complexity index is 757. The van der Waals surface area contributed by atoms with E-state index in [1.165, 1.54) is 7.11 Å². The van der Waals surface area contributed by atoms with Gasteiger partial charge in [0.05, 0.1) is 7.11 Å². The second-order valence-corrected chi connectivity index (χ2v) is 7.46. The molecule has 6 heteroatoms. The maximum Gasteiger partial charge on any atom is 0.422 e. The lowest BCUT2D eigenvalue weighted by molar-refractivity contribution is -0.148. The summed E-state index contributed by atoms with van der Waals surface area (Å²) < 4.78 is 10.4. The number of nitrogens with one attached hydrogen (secondary N) is 1. The SMILES string of the molecule is COC(=O)[C@@H](Cc1ccccc1)N(Cc1ccccc1)NC(=O)OC(C)(C)C. The summed E-state index contributed by atoms with van der Waals surface area (Å²) in [5.41, 5.74) is 3.98. The quantitative estimate of drug-likeness (QED) is 0.582. The van der Waals surface area contributed by atoms with Crippen molar-refractivity contribution in [2.24, 2.45) is 0 Å². The summed E-state index contributed by atoms with van der Waals surface area (Å²) in [5.74, 6) is -0.434. The first-order chi connectivity index (χ1) is 13.3. The van der Waals surface area contributed by atoms with E-state index in [-0.39, 0.29) is 0 Å². The van der Waals surface area contributed by atoms with Crippen molar-refractivity contribution >= 4 is 12.1 Å². The van der Waals surface area contributed by atoms with Gasteiger partial charge in [0.15, 0.2) is 0 Å². The maximum absolute atomic E-state index is 12.6. The molecule has 0 unspecified atom stereocenters. The lowest BCUT2D eigenvalue weighted by Crippen LogP contribution is -2.53. The average Bonchev–Trinajstić information content (AvgIpc) is 2.65. The van der Waals surface area contributed by atoms with Crippen LogP contribution in [-0.2, 0) is 27.2 Å². The van der Waals surface area contributed by atoms with Crippen LogP contribution < -0.4 is 5.43 Å². The minimum Gasteiger partial charge on any atom is -0.468 e. The van der Waals surface area contributed by atoms with Crippen molar-refractivity contribution < 1.29 is 19.1 Å². The van der Waals surface area contributed by atoms with Gasteiger partial charge in [0, 0.05) is 13.0 Å². The van der Waals surface area contributed by atoms with E-state index < -0.39 is 23.7 Å². The Hall–Kier alpha value is -2.86. The van der Waals surface area contributed by atoms with Crippen LogP contribution in [0, 0.1) is 0 Å². The minimum atomic E-state index is -0.708. The third-order valence-corrected chi connectivity index (χ3v) is 3.95. The molecule has 1 atom stereocenters. The van der Waals surface area contributed by atoms with E-state index in [4.69, 9.17) is 9.47 Å². The first kappa shape index (κ1) is 21.4. The molecule has 2 aromatic rings. The molecule has 150 valence electrons. The van der Waals surface area contributed by atoms with Gasteiger partial charge in [-0.05, 0) is 31.9 Å². The van der Waals surface area contributed by atoms with Crippen LogP contribution in [0.15, 0.2) is 60.7 Å². The van der Waals surface area contributed by atoms with Crippen molar-refractivity contribution in [3.8, 4) is 0 Å². The number of carbonyl (C=O) groups is 2. The second-order valence-electron chi connectivity index (χ2n) is 7.46. The molecule has 0 aliphatic heterocycles. The van der Waals surface area contributed by atoms with Crippen LogP contribution in [0.3, 0.4) is 0 Å². The molecule has 2 rings (SSSR count). The molecule has 0 fully saturated rings. The molecule has 0 aromatic heterocycles. The summed E-state index contributed by atoms with van der Waals surface area (Å²) >= 11 is 0. The number of nitrogens with zero attached hydrogens (tertiary/aromatic N) is 1. The Balaban J connectivity index is 2.28. The van der Waals surface area contributed by atoms with Gasteiger partial charge < -0.3 is 9.47 Å². The molecule has 2 aromatic carbocycles. The minimum absolute atomic E-state index is 0.326. The van der Waals surface area contributed by atoms with Crippen LogP contribution >= 0.6 is 0 Å². The summed E-state index contributed by atoms with van der Waals surface area (Å²) in [6, 6.07) is 18.5. The fraction of sp³-hybridized carbons (Fsp3) is 0.364. The van der Waals surface area contributed by atoms with Gasteiger partial charge in [-0.1, -0.05) is 60.7 Å². The molecule has 0 bridgehead atoms. The third-order valence-electron chi connectivity index (χ3n) is 3.95. The smallest absolute Gasteiger partial charge is 0.422 e. The number of hydrazine groups is 1. The van der Waals surface area contributed by atoms with E-state index in [1.54, 1.807) is 25.8 Å². The van der Waals surface area contributed by atoms with Gasteiger partial charge in [-0.25, -0.2) is 4.79 Å². The van der Waals surface area contributed by atoms with E-state index in [0.717, 1.165) is 11.1 Å². The highest BCUT2D eigenvalue weighted by Gasteiger charge is 2.30. The van der Waals surface area contributed by atoms with Gasteiger partial charge in [-0.3, -0.25) is 10.2 Å². The zero-order valence-corrected chi connectivity index (χ0v) is 16.8. The number of hydrogen-bond donors (Lipinski definition) is 1. The van der Waals surface area contributed by atoms with E-state index in [2.05, 4.69) is 5.43 Å². The van der Waals surface area contributed by atoms with Crippen molar-refractivity contribution in [3.05, 3.63) is 71.8 Å². The summed E-state index contributed by atoms with van der Waals surface area (Å²) in [6.07, 6.45) is -0.235. The van der Waals surface area contributed by atoms with Crippen LogP contribution in [0.2, 0.25) is 0 Å². The predicted molar refractivity (Wildman–Crippen MR) is 107 cm³/mol. The second kappa shape index (κ2) is 9.90. The van der Waals surface area contributed by atoms with Crippen molar-refractivity contribution in [2.75, 3.05) is 7.11 Å². The van der Waals surface area contributed by atoms with Crippen molar-refractivity contribution in [1.82, 2.24) is 10.4 Å². The highest BCUT2D eigenvalue weighted by atomic mass is 16.6. The summed E-state index contributed by atoms with van der Waals surface area (Å²) in [5, 5.41) is 1.57. The molecular formula is C22H28N2O4. The molecule has 6 nitrogen and oxygen atoms in total. The van der Waals surface area contributed by atoms with Crippen molar-refractivity contribution in [3.63, 3.8) is 0 Å². The molecule has 1 amide bonds. The van der Waals surface area contributed by atoms with Crippen LogP contribution in [0.4, 0.5) is 4.79 Å². The summed E-state index contributed by atoms with van der Waals surface area (Å²) in [4.78, 5) is 25.0. The molecule has 0 aliphatic carbocycles. The zero-order chi connectivity index (χ0) is 20.6. The van der Waals surface area contributed by atoms with Crippen LogP contribution in [-0.4, -0.2) is 35.8 Å². The Morgan fingerprint density at radius 2 is 1.50 bits per heavy atom. The lowest BCUT2D eigenvalue weighted by Gasteiger charge is -2.31. The number of hydrogen-bond acceptors (Lipinski definition) is 5. The zero-order valence-electron chi connectivity index (χ0n) is 16.8. The summed E-state index contributed by atoms with van der Waals surface area (Å²) in [6.45, 7) is 5.69. The lowest BCUT2D eigenvalue weighted by atomic mass is 10.0. The molecule has 0 heterocycles. The van der Waals surface area contributed by atoms with E-state index in [9.17, 15) is 9.59 Å². The number of esters is 1. The number of carbonyl (C=O) groups excluding carboxylic acids is 2.